The second-order valence-corrected chi connectivity index (χ2v) is 4.91. The Labute approximate surface area is 138 Å². The SMILES string of the molecule is N#Cc1ncn(Cc2ccc(-c3noc(C(F)(F)F)n3)cc2)c1C#N. The summed E-state index contributed by atoms with van der Waals surface area (Å²) in [6.45, 7) is 0.276. The number of hydrogen-bond acceptors (Lipinski definition) is 6. The van der Waals surface area contributed by atoms with Crippen LogP contribution in [0.25, 0.3) is 11.4 Å². The van der Waals surface area contributed by atoms with Crippen LogP contribution in [0.2, 0.25) is 0 Å². The van der Waals surface area contributed by atoms with Gasteiger partial charge in [-0.3, -0.25) is 0 Å². The van der Waals surface area contributed by atoms with Crippen molar-refractivity contribution in [2.45, 2.75) is 12.7 Å². The third-order valence-electron chi connectivity index (χ3n) is 3.28. The molecule has 0 aliphatic rings. The second kappa shape index (κ2) is 6.09. The summed E-state index contributed by atoms with van der Waals surface area (Å²) in [5.74, 6) is -1.58. The van der Waals surface area contributed by atoms with Crippen molar-refractivity contribution in [3.05, 3.63) is 53.4 Å². The molecule has 0 bridgehead atoms. The molecule has 0 radical (unpaired) electrons. The Morgan fingerprint density at radius 1 is 1.12 bits per heavy atom. The molecule has 0 saturated carbocycles. The highest BCUT2D eigenvalue weighted by Gasteiger charge is 2.38. The fourth-order valence-electron chi connectivity index (χ4n) is 2.11. The smallest absolute Gasteiger partial charge is 0.329 e. The number of aromatic nitrogens is 4. The molecule has 0 amide bonds. The van der Waals surface area contributed by atoms with Gasteiger partial charge in [-0.2, -0.15) is 28.7 Å². The molecule has 0 fully saturated rings. The normalized spacial score (nSPS) is 11.1. The van der Waals surface area contributed by atoms with Gasteiger partial charge in [0.05, 0.1) is 6.33 Å². The van der Waals surface area contributed by atoms with Gasteiger partial charge >= 0.3 is 12.1 Å². The lowest BCUT2D eigenvalue weighted by atomic mass is 10.1. The van der Waals surface area contributed by atoms with Gasteiger partial charge < -0.3 is 9.09 Å². The van der Waals surface area contributed by atoms with Gasteiger partial charge in [0.15, 0.2) is 11.4 Å². The maximum absolute atomic E-state index is 12.5. The Morgan fingerprint density at radius 2 is 1.84 bits per heavy atom. The van der Waals surface area contributed by atoms with Crippen LogP contribution in [0.15, 0.2) is 35.1 Å². The summed E-state index contributed by atoms with van der Waals surface area (Å²) < 4.78 is 43.1. The minimum atomic E-state index is -4.70. The number of nitrogens with zero attached hydrogens (tertiary/aromatic N) is 6. The molecule has 0 saturated heterocycles. The van der Waals surface area contributed by atoms with Gasteiger partial charge in [0.2, 0.25) is 5.82 Å². The predicted octanol–water partition coefficient (Wildman–Crippen LogP) is 2.74. The van der Waals surface area contributed by atoms with Crippen LogP contribution in [-0.2, 0) is 12.7 Å². The van der Waals surface area contributed by atoms with Crippen molar-refractivity contribution in [2.24, 2.45) is 0 Å². The van der Waals surface area contributed by atoms with E-state index in [1.807, 2.05) is 12.1 Å². The minimum Gasteiger partial charge on any atom is -0.329 e. The molecule has 10 heteroatoms. The first-order valence-corrected chi connectivity index (χ1v) is 6.78. The zero-order chi connectivity index (χ0) is 18.0. The molecule has 7 nitrogen and oxygen atoms in total. The number of rotatable bonds is 3. The first kappa shape index (κ1) is 16.2. The van der Waals surface area contributed by atoms with E-state index < -0.39 is 12.1 Å². The van der Waals surface area contributed by atoms with Crippen molar-refractivity contribution in [2.75, 3.05) is 0 Å². The lowest BCUT2D eigenvalue weighted by Crippen LogP contribution is -2.04. The quantitative estimate of drug-likeness (QED) is 0.723. The van der Waals surface area contributed by atoms with E-state index in [0.29, 0.717) is 5.56 Å². The number of alkyl halides is 3. The predicted molar refractivity (Wildman–Crippen MR) is 75.5 cm³/mol. The lowest BCUT2D eigenvalue weighted by Gasteiger charge is -2.04. The molecule has 0 aliphatic heterocycles. The Kier molecular flexibility index (Phi) is 3.95. The summed E-state index contributed by atoms with van der Waals surface area (Å²) in [7, 11) is 0. The van der Waals surface area contributed by atoms with Gasteiger partial charge in [-0.25, -0.2) is 4.98 Å². The highest BCUT2D eigenvalue weighted by molar-refractivity contribution is 5.54. The summed E-state index contributed by atoms with van der Waals surface area (Å²) >= 11 is 0. The Bertz CT molecular complexity index is 988. The average molecular weight is 344 g/mol. The zero-order valence-electron chi connectivity index (χ0n) is 12.3. The number of nitriles is 2. The molecular weight excluding hydrogens is 337 g/mol. The third-order valence-corrected chi connectivity index (χ3v) is 3.28. The zero-order valence-corrected chi connectivity index (χ0v) is 12.3. The topological polar surface area (TPSA) is 104 Å². The largest absolute Gasteiger partial charge is 0.471 e. The van der Waals surface area contributed by atoms with Crippen LogP contribution < -0.4 is 0 Å². The van der Waals surface area contributed by atoms with Gasteiger partial charge in [0, 0.05) is 12.1 Å². The summed E-state index contributed by atoms with van der Waals surface area (Å²) in [6, 6.07) is 10.1. The van der Waals surface area contributed by atoms with Gasteiger partial charge in [-0.15, -0.1) is 0 Å². The van der Waals surface area contributed by atoms with E-state index in [1.165, 1.54) is 23.0 Å². The van der Waals surface area contributed by atoms with Gasteiger partial charge in [-0.1, -0.05) is 29.4 Å². The maximum atomic E-state index is 12.5. The first-order chi connectivity index (χ1) is 11.9. The van der Waals surface area contributed by atoms with E-state index in [2.05, 4.69) is 19.6 Å². The molecule has 0 aliphatic carbocycles. The van der Waals surface area contributed by atoms with Crippen LogP contribution >= 0.6 is 0 Å². The molecular formula is C15H7F3N6O. The number of hydrogen-bond donors (Lipinski definition) is 0. The van der Waals surface area contributed by atoms with Crippen molar-refractivity contribution in [3.63, 3.8) is 0 Å². The Balaban J connectivity index is 1.82. The summed E-state index contributed by atoms with van der Waals surface area (Å²) in [5.41, 5.74) is 1.28. The van der Waals surface area contributed by atoms with Gasteiger partial charge in [0.25, 0.3) is 0 Å². The molecule has 0 spiro atoms. The van der Waals surface area contributed by atoms with E-state index in [1.54, 1.807) is 12.1 Å². The van der Waals surface area contributed by atoms with Crippen LogP contribution in [0.3, 0.4) is 0 Å². The molecule has 0 N–H and O–H groups in total. The Hall–Kier alpha value is -3.66. The van der Waals surface area contributed by atoms with Crippen molar-refractivity contribution in [1.29, 1.82) is 10.5 Å². The minimum absolute atomic E-state index is 0.0330. The standard InChI is InChI=1S/C15H7F3N6O/c16-15(17,18)14-22-13(23-25-14)10-3-1-9(2-4-10)7-24-8-21-11(5-19)12(24)6-20/h1-4,8H,7H2. The highest BCUT2D eigenvalue weighted by Crippen LogP contribution is 2.29. The summed E-state index contributed by atoms with van der Waals surface area (Å²) in [4.78, 5) is 7.14. The highest BCUT2D eigenvalue weighted by atomic mass is 19.4. The van der Waals surface area contributed by atoms with Gasteiger partial charge in [-0.05, 0) is 5.56 Å². The molecule has 2 heterocycles. The van der Waals surface area contributed by atoms with Gasteiger partial charge in [0.1, 0.15) is 12.1 Å². The van der Waals surface area contributed by atoms with E-state index in [-0.39, 0.29) is 23.8 Å². The molecule has 3 aromatic rings. The van der Waals surface area contributed by atoms with Crippen molar-refractivity contribution in [3.8, 4) is 23.5 Å². The Morgan fingerprint density at radius 3 is 2.40 bits per heavy atom. The lowest BCUT2D eigenvalue weighted by molar-refractivity contribution is -0.159. The van der Waals surface area contributed by atoms with E-state index in [0.717, 1.165) is 5.56 Å². The fourth-order valence-corrected chi connectivity index (χ4v) is 2.11. The molecule has 2 aromatic heterocycles. The third kappa shape index (κ3) is 3.19. The summed E-state index contributed by atoms with van der Waals surface area (Å²) in [6.07, 6.45) is -3.32. The number of halogens is 3. The van der Waals surface area contributed by atoms with E-state index in [4.69, 9.17) is 10.5 Å². The number of imidazole rings is 1. The molecule has 25 heavy (non-hydrogen) atoms. The summed E-state index contributed by atoms with van der Waals surface area (Å²) in [5, 5.41) is 21.3. The molecule has 0 unspecified atom stereocenters. The van der Waals surface area contributed by atoms with Crippen LogP contribution in [0.4, 0.5) is 13.2 Å². The van der Waals surface area contributed by atoms with Crippen molar-refractivity contribution >= 4 is 0 Å². The van der Waals surface area contributed by atoms with Crippen LogP contribution in [0.5, 0.6) is 0 Å². The molecule has 124 valence electrons. The first-order valence-electron chi connectivity index (χ1n) is 6.78. The van der Waals surface area contributed by atoms with Crippen LogP contribution in [0.1, 0.15) is 22.8 Å². The fraction of sp³-hybridized carbons (Fsp3) is 0.133. The average Bonchev–Trinajstić information content (AvgIpc) is 3.22. The van der Waals surface area contributed by atoms with Crippen LogP contribution in [0, 0.1) is 22.7 Å². The van der Waals surface area contributed by atoms with E-state index in [9.17, 15) is 13.2 Å². The monoisotopic (exact) mass is 344 g/mol. The number of benzene rings is 1. The van der Waals surface area contributed by atoms with Crippen molar-refractivity contribution in [1.82, 2.24) is 19.7 Å². The molecule has 0 atom stereocenters. The molecule has 3 rings (SSSR count). The van der Waals surface area contributed by atoms with E-state index >= 15 is 0 Å². The molecule has 1 aromatic carbocycles. The maximum Gasteiger partial charge on any atom is 0.471 e. The van der Waals surface area contributed by atoms with Crippen molar-refractivity contribution < 1.29 is 17.7 Å². The second-order valence-electron chi connectivity index (χ2n) is 4.91. The van der Waals surface area contributed by atoms with Crippen LogP contribution in [-0.4, -0.2) is 19.7 Å².